The molecule has 0 spiro atoms. The van der Waals surface area contributed by atoms with Crippen LogP contribution in [0.5, 0.6) is 0 Å². The first kappa shape index (κ1) is 17.4. The zero-order valence-electron chi connectivity index (χ0n) is 13.0. The number of halogens is 2. The highest BCUT2D eigenvalue weighted by molar-refractivity contribution is 6.34. The van der Waals surface area contributed by atoms with Crippen LogP contribution in [0.25, 0.3) is 10.9 Å². The van der Waals surface area contributed by atoms with Crippen LogP contribution in [0.1, 0.15) is 12.5 Å². The van der Waals surface area contributed by atoms with Crippen molar-refractivity contribution in [3.05, 3.63) is 68.7 Å². The summed E-state index contributed by atoms with van der Waals surface area (Å²) < 4.78 is 0. The lowest BCUT2D eigenvalue weighted by atomic mass is 9.95. The predicted molar refractivity (Wildman–Crippen MR) is 97.0 cm³/mol. The van der Waals surface area contributed by atoms with E-state index in [0.717, 1.165) is 0 Å². The summed E-state index contributed by atoms with van der Waals surface area (Å²) in [5.74, 6) is -0.680. The lowest BCUT2D eigenvalue weighted by Gasteiger charge is -2.23. The van der Waals surface area contributed by atoms with Gasteiger partial charge in [0.1, 0.15) is 0 Å². The highest BCUT2D eigenvalue weighted by atomic mass is 35.5. The molecule has 0 radical (unpaired) electrons. The minimum absolute atomic E-state index is 0.159. The maximum atomic E-state index is 12.5. The van der Waals surface area contributed by atoms with E-state index in [1.165, 1.54) is 25.4 Å². The molecule has 25 heavy (non-hydrogen) atoms. The predicted octanol–water partition coefficient (Wildman–Crippen LogP) is 3.08. The van der Waals surface area contributed by atoms with Crippen LogP contribution in [-0.2, 0) is 10.4 Å². The fraction of sp³-hybridized carbons (Fsp3) is 0.118. The van der Waals surface area contributed by atoms with Crippen molar-refractivity contribution < 1.29 is 9.90 Å². The summed E-state index contributed by atoms with van der Waals surface area (Å²) in [6, 6.07) is 9.17. The number of hydrogen-bond acceptors (Lipinski definition) is 4. The molecular weight excluding hydrogens is 365 g/mol. The van der Waals surface area contributed by atoms with E-state index in [9.17, 15) is 14.7 Å². The summed E-state index contributed by atoms with van der Waals surface area (Å²) in [5.41, 5.74) is -1.15. The first-order chi connectivity index (χ1) is 11.8. The molecule has 0 saturated carbocycles. The monoisotopic (exact) mass is 377 g/mol. The van der Waals surface area contributed by atoms with Crippen molar-refractivity contribution in [2.24, 2.45) is 0 Å². The summed E-state index contributed by atoms with van der Waals surface area (Å²) in [7, 11) is 0. The third kappa shape index (κ3) is 3.37. The fourth-order valence-electron chi connectivity index (χ4n) is 2.33. The van der Waals surface area contributed by atoms with Crippen molar-refractivity contribution >= 4 is 45.7 Å². The van der Waals surface area contributed by atoms with Gasteiger partial charge in [0, 0.05) is 5.02 Å². The third-order valence-electron chi connectivity index (χ3n) is 3.83. The molecule has 6 nitrogen and oxygen atoms in total. The van der Waals surface area contributed by atoms with E-state index in [1.807, 2.05) is 0 Å². The molecule has 0 bridgehead atoms. The second-order valence-corrected chi connectivity index (χ2v) is 6.46. The normalized spacial score (nSPS) is 13.4. The van der Waals surface area contributed by atoms with E-state index in [-0.39, 0.29) is 16.3 Å². The molecule has 1 atom stereocenters. The topological polar surface area (TPSA) is 95.1 Å². The number of carbonyl (C=O) groups excluding carboxylic acids is 1. The van der Waals surface area contributed by atoms with Gasteiger partial charge in [0.25, 0.3) is 11.5 Å². The Kier molecular flexibility index (Phi) is 4.51. The van der Waals surface area contributed by atoms with Crippen LogP contribution in [-0.4, -0.2) is 21.0 Å². The minimum atomic E-state index is -1.80. The standard InChI is InChI=1S/C17H13Cl2N3O3/c1-17(25,9-2-4-10(18)5-3-9)16(24)22-14-7-13-11(6-12(14)19)15(23)21-8-20-13/h2-8,25H,1H3,(H,22,24)(H,20,21,23)/t17-/m1/s1. The van der Waals surface area contributed by atoms with Crippen molar-refractivity contribution in [3.8, 4) is 0 Å². The summed E-state index contributed by atoms with van der Waals surface area (Å²) in [4.78, 5) is 30.8. The van der Waals surface area contributed by atoms with Gasteiger partial charge in [0.2, 0.25) is 0 Å². The maximum Gasteiger partial charge on any atom is 0.260 e. The molecule has 128 valence electrons. The van der Waals surface area contributed by atoms with Crippen molar-refractivity contribution in [2.75, 3.05) is 5.32 Å². The van der Waals surface area contributed by atoms with Crippen LogP contribution in [0.2, 0.25) is 10.0 Å². The molecule has 3 aromatic rings. The van der Waals surface area contributed by atoms with Gasteiger partial charge < -0.3 is 15.4 Å². The number of amides is 1. The number of aromatic nitrogens is 2. The van der Waals surface area contributed by atoms with E-state index in [1.54, 1.807) is 24.3 Å². The number of benzene rings is 2. The molecule has 0 aliphatic heterocycles. The number of rotatable bonds is 3. The van der Waals surface area contributed by atoms with E-state index in [0.29, 0.717) is 21.5 Å². The molecule has 1 heterocycles. The summed E-state index contributed by atoms with van der Waals surface area (Å²) in [5, 5.41) is 14.1. The largest absolute Gasteiger partial charge is 0.376 e. The Hall–Kier alpha value is -2.41. The van der Waals surface area contributed by atoms with Gasteiger partial charge in [-0.05, 0) is 36.8 Å². The zero-order chi connectivity index (χ0) is 18.2. The number of anilines is 1. The smallest absolute Gasteiger partial charge is 0.260 e. The number of fused-ring (bicyclic) bond motifs is 1. The van der Waals surface area contributed by atoms with Gasteiger partial charge in [-0.3, -0.25) is 9.59 Å². The number of nitrogens with one attached hydrogen (secondary N) is 2. The molecule has 0 aliphatic rings. The number of hydrogen-bond donors (Lipinski definition) is 3. The third-order valence-corrected chi connectivity index (χ3v) is 4.39. The number of nitrogens with zero attached hydrogens (tertiary/aromatic N) is 1. The van der Waals surface area contributed by atoms with Crippen LogP contribution in [0.15, 0.2) is 47.5 Å². The zero-order valence-corrected chi connectivity index (χ0v) is 14.5. The molecule has 0 aliphatic carbocycles. The van der Waals surface area contributed by atoms with E-state index in [4.69, 9.17) is 23.2 Å². The lowest BCUT2D eigenvalue weighted by Crippen LogP contribution is -2.37. The highest BCUT2D eigenvalue weighted by Crippen LogP contribution is 2.29. The number of carbonyl (C=O) groups is 1. The molecule has 1 aromatic heterocycles. The van der Waals surface area contributed by atoms with Crippen molar-refractivity contribution in [2.45, 2.75) is 12.5 Å². The quantitative estimate of drug-likeness (QED) is 0.653. The molecule has 3 N–H and O–H groups in total. The Balaban J connectivity index is 1.95. The van der Waals surface area contributed by atoms with E-state index < -0.39 is 11.5 Å². The number of aromatic amines is 1. The highest BCUT2D eigenvalue weighted by Gasteiger charge is 2.32. The molecule has 3 rings (SSSR count). The molecule has 0 unspecified atom stereocenters. The van der Waals surface area contributed by atoms with Gasteiger partial charge in [-0.2, -0.15) is 0 Å². The number of H-pyrrole nitrogens is 1. The van der Waals surface area contributed by atoms with Crippen LogP contribution in [0.3, 0.4) is 0 Å². The van der Waals surface area contributed by atoms with Crippen LogP contribution < -0.4 is 10.9 Å². The van der Waals surface area contributed by atoms with Gasteiger partial charge in [0.15, 0.2) is 5.60 Å². The lowest BCUT2D eigenvalue weighted by molar-refractivity contribution is -0.133. The Labute approximate surface area is 152 Å². The van der Waals surface area contributed by atoms with Gasteiger partial charge >= 0.3 is 0 Å². The average Bonchev–Trinajstić information content (AvgIpc) is 2.57. The van der Waals surface area contributed by atoms with Crippen molar-refractivity contribution in [3.63, 3.8) is 0 Å². The van der Waals surface area contributed by atoms with Gasteiger partial charge in [-0.1, -0.05) is 35.3 Å². The first-order valence-electron chi connectivity index (χ1n) is 7.26. The summed E-state index contributed by atoms with van der Waals surface area (Å²) in [6.45, 7) is 1.36. The molecule has 8 heteroatoms. The number of aliphatic hydroxyl groups is 1. The molecule has 2 aromatic carbocycles. The molecular formula is C17H13Cl2N3O3. The molecule has 0 fully saturated rings. The first-order valence-corrected chi connectivity index (χ1v) is 8.01. The molecule has 0 saturated heterocycles. The van der Waals surface area contributed by atoms with Crippen LogP contribution in [0.4, 0.5) is 5.69 Å². The Morgan fingerprint density at radius 3 is 2.60 bits per heavy atom. The van der Waals surface area contributed by atoms with Gasteiger partial charge in [0.05, 0.1) is 27.9 Å². The summed E-state index contributed by atoms with van der Waals surface area (Å²) in [6.07, 6.45) is 1.26. The van der Waals surface area contributed by atoms with Crippen molar-refractivity contribution in [1.29, 1.82) is 0 Å². The van der Waals surface area contributed by atoms with Gasteiger partial charge in [-0.15, -0.1) is 0 Å². The second kappa shape index (κ2) is 6.48. The minimum Gasteiger partial charge on any atom is -0.376 e. The second-order valence-electron chi connectivity index (χ2n) is 5.61. The molecule has 1 amide bonds. The Bertz CT molecular complexity index is 1010. The van der Waals surface area contributed by atoms with E-state index in [2.05, 4.69) is 15.3 Å². The van der Waals surface area contributed by atoms with Gasteiger partial charge in [-0.25, -0.2) is 4.98 Å². The fourth-order valence-corrected chi connectivity index (χ4v) is 2.67. The van der Waals surface area contributed by atoms with Crippen LogP contribution in [0, 0.1) is 0 Å². The Morgan fingerprint density at radius 1 is 1.24 bits per heavy atom. The average molecular weight is 378 g/mol. The van der Waals surface area contributed by atoms with E-state index >= 15 is 0 Å². The maximum absolute atomic E-state index is 12.5. The Morgan fingerprint density at radius 2 is 1.92 bits per heavy atom. The van der Waals surface area contributed by atoms with Crippen LogP contribution >= 0.6 is 23.2 Å². The SMILES string of the molecule is C[C@](O)(C(=O)Nc1cc2nc[nH]c(=O)c2cc1Cl)c1ccc(Cl)cc1. The van der Waals surface area contributed by atoms with Crippen molar-refractivity contribution in [1.82, 2.24) is 9.97 Å². The summed E-state index contributed by atoms with van der Waals surface area (Å²) >= 11 is 12.0.